The summed E-state index contributed by atoms with van der Waals surface area (Å²) in [7, 11) is 2.20. The number of halogens is 1. The van der Waals surface area contributed by atoms with E-state index in [4.69, 9.17) is 0 Å². The van der Waals surface area contributed by atoms with Crippen LogP contribution in [0, 0.1) is 11.2 Å². The summed E-state index contributed by atoms with van der Waals surface area (Å²) in [6.07, 6.45) is 3.68. The summed E-state index contributed by atoms with van der Waals surface area (Å²) in [6.45, 7) is 4.39. The minimum Gasteiger partial charge on any atom is -0.305 e. The molecule has 0 aromatic heterocycles. The summed E-state index contributed by atoms with van der Waals surface area (Å²) in [6, 6.07) is 6.23. The summed E-state index contributed by atoms with van der Waals surface area (Å²) in [4.78, 5) is 4.95. The summed E-state index contributed by atoms with van der Waals surface area (Å²) >= 11 is 0. The van der Waals surface area contributed by atoms with Gasteiger partial charge in [0, 0.05) is 43.2 Å². The van der Waals surface area contributed by atoms with Gasteiger partial charge in [0.1, 0.15) is 5.82 Å². The van der Waals surface area contributed by atoms with E-state index in [1.165, 1.54) is 31.5 Å². The van der Waals surface area contributed by atoms with E-state index in [0.29, 0.717) is 11.5 Å². The SMILES string of the molecule is CN1CC2(CCC2N2CCc3cccc(F)c3C2)C1. The zero-order chi connectivity index (χ0) is 13.0. The Morgan fingerprint density at radius 2 is 2.16 bits per heavy atom. The molecule has 3 heteroatoms. The van der Waals surface area contributed by atoms with Gasteiger partial charge in [-0.25, -0.2) is 4.39 Å². The number of nitrogens with zero attached hydrogens (tertiary/aromatic N) is 2. The lowest BCUT2D eigenvalue weighted by Crippen LogP contribution is -2.70. The van der Waals surface area contributed by atoms with Crippen LogP contribution in [0.4, 0.5) is 4.39 Å². The van der Waals surface area contributed by atoms with E-state index >= 15 is 0 Å². The fourth-order valence-electron chi connectivity index (χ4n) is 4.48. The predicted molar refractivity (Wildman–Crippen MR) is 73.5 cm³/mol. The van der Waals surface area contributed by atoms with Gasteiger partial charge in [-0.15, -0.1) is 0 Å². The van der Waals surface area contributed by atoms with Crippen LogP contribution in [0.15, 0.2) is 18.2 Å². The van der Waals surface area contributed by atoms with Crippen LogP contribution in [0.3, 0.4) is 0 Å². The van der Waals surface area contributed by atoms with Crippen LogP contribution >= 0.6 is 0 Å². The number of benzene rings is 1. The van der Waals surface area contributed by atoms with Crippen LogP contribution < -0.4 is 0 Å². The molecule has 1 aromatic carbocycles. The lowest BCUT2D eigenvalue weighted by atomic mass is 9.59. The van der Waals surface area contributed by atoms with Crippen molar-refractivity contribution in [3.8, 4) is 0 Å². The van der Waals surface area contributed by atoms with Gasteiger partial charge in [0.15, 0.2) is 0 Å². The number of rotatable bonds is 1. The van der Waals surface area contributed by atoms with Crippen LogP contribution in [-0.4, -0.2) is 42.5 Å². The molecule has 19 heavy (non-hydrogen) atoms. The van der Waals surface area contributed by atoms with Crippen molar-refractivity contribution in [2.24, 2.45) is 5.41 Å². The molecule has 1 unspecified atom stereocenters. The van der Waals surface area contributed by atoms with Crippen molar-refractivity contribution in [2.45, 2.75) is 31.8 Å². The topological polar surface area (TPSA) is 6.48 Å². The molecule has 102 valence electrons. The average Bonchev–Trinajstić information content (AvgIpc) is 2.34. The van der Waals surface area contributed by atoms with Crippen molar-refractivity contribution in [2.75, 3.05) is 26.7 Å². The second-order valence-corrected chi connectivity index (χ2v) is 6.69. The van der Waals surface area contributed by atoms with E-state index in [0.717, 1.165) is 25.1 Å². The smallest absolute Gasteiger partial charge is 0.127 e. The van der Waals surface area contributed by atoms with Crippen molar-refractivity contribution < 1.29 is 4.39 Å². The third kappa shape index (κ3) is 1.68. The van der Waals surface area contributed by atoms with E-state index < -0.39 is 0 Å². The molecule has 2 aliphatic heterocycles. The lowest BCUT2D eigenvalue weighted by molar-refractivity contribution is -0.126. The van der Waals surface area contributed by atoms with E-state index in [9.17, 15) is 4.39 Å². The first-order valence-electron chi connectivity index (χ1n) is 7.37. The zero-order valence-corrected chi connectivity index (χ0v) is 11.5. The van der Waals surface area contributed by atoms with Gasteiger partial charge < -0.3 is 4.90 Å². The molecule has 2 nitrogen and oxygen atoms in total. The molecule has 0 bridgehead atoms. The predicted octanol–water partition coefficient (Wildman–Crippen LogP) is 2.28. The van der Waals surface area contributed by atoms with Crippen LogP contribution in [-0.2, 0) is 13.0 Å². The second-order valence-electron chi connectivity index (χ2n) is 6.69. The second kappa shape index (κ2) is 4.03. The van der Waals surface area contributed by atoms with Crippen molar-refractivity contribution in [3.05, 3.63) is 35.1 Å². The molecule has 1 aliphatic carbocycles. The maximum atomic E-state index is 13.9. The van der Waals surface area contributed by atoms with Gasteiger partial charge in [-0.3, -0.25) is 4.90 Å². The molecule has 1 aromatic rings. The fourth-order valence-corrected chi connectivity index (χ4v) is 4.48. The Balaban J connectivity index is 1.55. The highest BCUT2D eigenvalue weighted by molar-refractivity contribution is 5.31. The molecule has 1 saturated carbocycles. The Morgan fingerprint density at radius 3 is 2.84 bits per heavy atom. The van der Waals surface area contributed by atoms with Gasteiger partial charge in [-0.1, -0.05) is 12.1 Å². The molecule has 0 amide bonds. The summed E-state index contributed by atoms with van der Waals surface area (Å²) in [5.41, 5.74) is 2.70. The van der Waals surface area contributed by atoms with Gasteiger partial charge in [-0.2, -0.15) is 0 Å². The summed E-state index contributed by atoms with van der Waals surface area (Å²) in [5.74, 6) is -0.0127. The maximum absolute atomic E-state index is 13.9. The molecule has 4 rings (SSSR count). The average molecular weight is 260 g/mol. The Kier molecular flexibility index (Phi) is 2.52. The Hall–Kier alpha value is -0.930. The third-order valence-corrected chi connectivity index (χ3v) is 5.48. The number of hydrogen-bond donors (Lipinski definition) is 0. The maximum Gasteiger partial charge on any atom is 0.127 e. The van der Waals surface area contributed by atoms with Crippen molar-refractivity contribution in [1.82, 2.24) is 9.80 Å². The van der Waals surface area contributed by atoms with Crippen LogP contribution in [0.1, 0.15) is 24.0 Å². The quantitative estimate of drug-likeness (QED) is 0.764. The first kappa shape index (κ1) is 11.9. The van der Waals surface area contributed by atoms with Crippen molar-refractivity contribution in [3.63, 3.8) is 0 Å². The molecule has 1 saturated heterocycles. The van der Waals surface area contributed by atoms with Gasteiger partial charge >= 0.3 is 0 Å². The minimum atomic E-state index is -0.0127. The number of hydrogen-bond acceptors (Lipinski definition) is 2. The van der Waals surface area contributed by atoms with Crippen LogP contribution in [0.5, 0.6) is 0 Å². The van der Waals surface area contributed by atoms with E-state index in [2.05, 4.69) is 22.9 Å². The van der Waals surface area contributed by atoms with Crippen LogP contribution in [0.2, 0.25) is 0 Å². The largest absolute Gasteiger partial charge is 0.305 e. The van der Waals surface area contributed by atoms with Crippen molar-refractivity contribution in [1.29, 1.82) is 0 Å². The Morgan fingerprint density at radius 1 is 1.32 bits per heavy atom. The van der Waals surface area contributed by atoms with Crippen LogP contribution in [0.25, 0.3) is 0 Å². The monoisotopic (exact) mass is 260 g/mol. The van der Waals surface area contributed by atoms with Gasteiger partial charge in [0.25, 0.3) is 0 Å². The highest BCUT2D eigenvalue weighted by atomic mass is 19.1. The van der Waals surface area contributed by atoms with Gasteiger partial charge in [-0.05, 0) is 37.9 Å². The lowest BCUT2D eigenvalue weighted by Gasteiger charge is -2.63. The number of fused-ring (bicyclic) bond motifs is 1. The molecule has 2 fully saturated rings. The van der Waals surface area contributed by atoms with Crippen molar-refractivity contribution >= 4 is 0 Å². The van der Waals surface area contributed by atoms with Gasteiger partial charge in [0.05, 0.1) is 0 Å². The molecule has 0 N–H and O–H groups in total. The van der Waals surface area contributed by atoms with E-state index in [1.54, 1.807) is 6.07 Å². The highest BCUT2D eigenvalue weighted by Crippen LogP contribution is 2.51. The molecule has 2 heterocycles. The summed E-state index contributed by atoms with van der Waals surface area (Å²) < 4.78 is 13.9. The molecule has 0 radical (unpaired) electrons. The molecule has 3 aliphatic rings. The molecular formula is C16H21FN2. The van der Waals surface area contributed by atoms with E-state index in [-0.39, 0.29) is 5.82 Å². The normalized spacial score (nSPS) is 29.7. The first-order chi connectivity index (χ1) is 9.18. The number of likely N-dealkylation sites (tertiary alicyclic amines) is 1. The summed E-state index contributed by atoms with van der Waals surface area (Å²) in [5, 5.41) is 0. The molecule has 1 spiro atoms. The highest BCUT2D eigenvalue weighted by Gasteiger charge is 2.55. The third-order valence-electron chi connectivity index (χ3n) is 5.48. The van der Waals surface area contributed by atoms with E-state index in [1.807, 2.05) is 6.07 Å². The first-order valence-corrected chi connectivity index (χ1v) is 7.37. The Bertz CT molecular complexity index is 507. The molecular weight excluding hydrogens is 239 g/mol. The standard InChI is InChI=1S/C16H21FN2/c1-18-10-16(11-18)7-5-15(16)19-8-6-12-3-2-4-14(17)13(12)9-19/h2-4,15H,5-11H2,1H3. The zero-order valence-electron chi connectivity index (χ0n) is 11.5. The minimum absolute atomic E-state index is 0.0127. The molecule has 1 atom stereocenters. The van der Waals surface area contributed by atoms with Gasteiger partial charge in [0.2, 0.25) is 0 Å². The Labute approximate surface area is 114 Å². The fraction of sp³-hybridized carbons (Fsp3) is 0.625.